The molecule has 0 amide bonds. The predicted molar refractivity (Wildman–Crippen MR) is 82.3 cm³/mol. The number of aliphatic carboxylic acids is 1. The molecule has 0 aliphatic carbocycles. The molecule has 1 atom stereocenters. The van der Waals surface area contributed by atoms with Crippen molar-refractivity contribution in [3.63, 3.8) is 0 Å². The molecule has 3 N–H and O–H groups in total. The maximum absolute atomic E-state index is 11.4. The first-order valence-corrected chi connectivity index (χ1v) is 7.64. The summed E-state index contributed by atoms with van der Waals surface area (Å²) in [7, 11) is 0. The fourth-order valence-corrected chi connectivity index (χ4v) is 2.60. The molecule has 1 aromatic carbocycles. The first-order chi connectivity index (χ1) is 9.07. The smallest absolute Gasteiger partial charge is 0.311 e. The monoisotopic (exact) mass is 327 g/mol. The van der Waals surface area contributed by atoms with Crippen LogP contribution in [-0.4, -0.2) is 11.1 Å². The molecule has 0 saturated heterocycles. The zero-order valence-corrected chi connectivity index (χ0v) is 12.9. The largest absolute Gasteiger partial charge is 0.481 e. The second kappa shape index (κ2) is 8.20. The van der Waals surface area contributed by atoms with Gasteiger partial charge in [0.1, 0.15) is 0 Å². The van der Waals surface area contributed by atoms with Crippen LogP contribution in [-0.2, 0) is 4.79 Å². The summed E-state index contributed by atoms with van der Waals surface area (Å²) in [6.45, 7) is 2.17. The van der Waals surface area contributed by atoms with Crippen LogP contribution in [0, 0.1) is 0 Å². The summed E-state index contributed by atoms with van der Waals surface area (Å²) in [4.78, 5) is 11.4. The summed E-state index contributed by atoms with van der Waals surface area (Å²) in [5.74, 6) is -1.29. The van der Waals surface area contributed by atoms with Crippen molar-refractivity contribution >= 4 is 27.6 Å². The van der Waals surface area contributed by atoms with E-state index >= 15 is 0 Å². The summed E-state index contributed by atoms with van der Waals surface area (Å²) in [5.41, 5.74) is 7.23. The van der Waals surface area contributed by atoms with E-state index in [-0.39, 0.29) is 0 Å². The number of para-hydroxylation sites is 1. The van der Waals surface area contributed by atoms with E-state index in [2.05, 4.69) is 22.9 Å². The van der Waals surface area contributed by atoms with Gasteiger partial charge in [0.05, 0.1) is 5.92 Å². The van der Waals surface area contributed by atoms with Crippen LogP contribution in [0.2, 0.25) is 0 Å². The fraction of sp³-hybridized carbons (Fsp3) is 0.533. The minimum absolute atomic E-state index is 0.501. The van der Waals surface area contributed by atoms with Crippen LogP contribution in [0.5, 0.6) is 0 Å². The van der Waals surface area contributed by atoms with Crippen molar-refractivity contribution in [1.29, 1.82) is 0 Å². The Morgan fingerprint density at radius 2 is 2.00 bits per heavy atom. The summed E-state index contributed by atoms with van der Waals surface area (Å²) in [5, 5.41) is 9.37. The third-order valence-corrected chi connectivity index (χ3v) is 4.05. The highest BCUT2D eigenvalue weighted by Gasteiger charge is 2.22. The fourth-order valence-electron chi connectivity index (χ4n) is 2.22. The van der Waals surface area contributed by atoms with Crippen LogP contribution in [0.4, 0.5) is 5.69 Å². The number of unbranched alkanes of at least 4 members (excludes halogenated alkanes) is 4. The Labute approximate surface area is 123 Å². The van der Waals surface area contributed by atoms with Crippen LogP contribution in [0.25, 0.3) is 0 Å². The molecular weight excluding hydrogens is 306 g/mol. The van der Waals surface area contributed by atoms with E-state index in [9.17, 15) is 9.90 Å². The number of nitrogen functional groups attached to an aromatic ring is 1. The topological polar surface area (TPSA) is 63.3 Å². The van der Waals surface area contributed by atoms with Gasteiger partial charge in [0.2, 0.25) is 0 Å². The van der Waals surface area contributed by atoms with Crippen LogP contribution in [0.3, 0.4) is 0 Å². The standard InChI is InChI=1S/C15H22BrNO2/c1-2-3-4-5-6-8-12(15(18)19)11-9-7-10-13(16)14(11)17/h7,9-10,12H,2-6,8,17H2,1H3,(H,18,19). The predicted octanol–water partition coefficient (Wildman–Crippen LogP) is 4.56. The zero-order chi connectivity index (χ0) is 14.3. The van der Waals surface area contributed by atoms with Gasteiger partial charge in [-0.05, 0) is 34.0 Å². The SMILES string of the molecule is CCCCCCCC(C(=O)O)c1cccc(Br)c1N. The molecule has 0 spiro atoms. The minimum atomic E-state index is -0.791. The number of anilines is 1. The molecule has 0 fully saturated rings. The third-order valence-electron chi connectivity index (χ3n) is 3.36. The number of carbonyl (C=O) groups is 1. The van der Waals surface area contributed by atoms with Gasteiger partial charge in [0.15, 0.2) is 0 Å². The number of hydrogen-bond acceptors (Lipinski definition) is 2. The number of benzene rings is 1. The van der Waals surface area contributed by atoms with Crippen molar-refractivity contribution in [2.45, 2.75) is 51.4 Å². The Morgan fingerprint density at radius 1 is 1.32 bits per heavy atom. The van der Waals surface area contributed by atoms with E-state index < -0.39 is 11.9 Å². The van der Waals surface area contributed by atoms with E-state index in [0.717, 1.165) is 22.9 Å². The maximum Gasteiger partial charge on any atom is 0.311 e. The molecule has 3 nitrogen and oxygen atoms in total. The third kappa shape index (κ3) is 4.86. The highest BCUT2D eigenvalue weighted by atomic mass is 79.9. The zero-order valence-electron chi connectivity index (χ0n) is 11.4. The first kappa shape index (κ1) is 16.0. The van der Waals surface area contributed by atoms with Crippen molar-refractivity contribution in [1.82, 2.24) is 0 Å². The van der Waals surface area contributed by atoms with Crippen molar-refractivity contribution in [3.8, 4) is 0 Å². The molecule has 1 unspecified atom stereocenters. The van der Waals surface area contributed by atoms with E-state index in [1.54, 1.807) is 0 Å². The maximum atomic E-state index is 11.4. The number of hydrogen-bond donors (Lipinski definition) is 2. The molecule has 0 bridgehead atoms. The Balaban J connectivity index is 2.67. The van der Waals surface area contributed by atoms with Gasteiger partial charge in [-0.1, -0.05) is 51.2 Å². The van der Waals surface area contributed by atoms with E-state index in [0.29, 0.717) is 12.1 Å². The molecule has 0 saturated carbocycles. The number of halogens is 1. The molecular formula is C15H22BrNO2. The lowest BCUT2D eigenvalue weighted by Crippen LogP contribution is -2.13. The van der Waals surface area contributed by atoms with Crippen molar-refractivity contribution < 1.29 is 9.90 Å². The molecule has 106 valence electrons. The molecule has 0 aromatic heterocycles. The molecule has 1 aromatic rings. The first-order valence-electron chi connectivity index (χ1n) is 6.84. The van der Waals surface area contributed by atoms with Gasteiger partial charge in [0, 0.05) is 10.2 Å². The van der Waals surface area contributed by atoms with Gasteiger partial charge < -0.3 is 10.8 Å². The minimum Gasteiger partial charge on any atom is -0.481 e. The second-order valence-corrected chi connectivity index (χ2v) is 5.69. The Hall–Kier alpha value is -1.03. The molecule has 0 aliphatic rings. The van der Waals surface area contributed by atoms with Gasteiger partial charge in [-0.3, -0.25) is 4.79 Å². The van der Waals surface area contributed by atoms with Crippen LogP contribution in [0.1, 0.15) is 56.9 Å². The Morgan fingerprint density at radius 3 is 2.63 bits per heavy atom. The number of nitrogens with two attached hydrogens (primary N) is 1. The van der Waals surface area contributed by atoms with E-state index in [1.807, 2.05) is 18.2 Å². The highest BCUT2D eigenvalue weighted by molar-refractivity contribution is 9.10. The molecule has 0 aliphatic heterocycles. The van der Waals surface area contributed by atoms with Gasteiger partial charge >= 0.3 is 5.97 Å². The number of carboxylic acid groups (broad SMARTS) is 1. The van der Waals surface area contributed by atoms with Gasteiger partial charge in [-0.2, -0.15) is 0 Å². The number of carboxylic acids is 1. The second-order valence-electron chi connectivity index (χ2n) is 4.84. The van der Waals surface area contributed by atoms with Crippen molar-refractivity contribution in [2.75, 3.05) is 5.73 Å². The average molecular weight is 328 g/mol. The molecule has 0 radical (unpaired) electrons. The van der Waals surface area contributed by atoms with Crippen LogP contribution < -0.4 is 5.73 Å². The van der Waals surface area contributed by atoms with Gasteiger partial charge in [-0.15, -0.1) is 0 Å². The van der Waals surface area contributed by atoms with Crippen LogP contribution in [0.15, 0.2) is 22.7 Å². The summed E-state index contributed by atoms with van der Waals surface area (Å²) >= 11 is 3.35. The summed E-state index contributed by atoms with van der Waals surface area (Å²) < 4.78 is 0.766. The van der Waals surface area contributed by atoms with Crippen LogP contribution >= 0.6 is 15.9 Å². The lowest BCUT2D eigenvalue weighted by molar-refractivity contribution is -0.139. The normalized spacial score (nSPS) is 12.3. The molecule has 0 heterocycles. The molecule has 1 rings (SSSR count). The van der Waals surface area contributed by atoms with Crippen molar-refractivity contribution in [3.05, 3.63) is 28.2 Å². The lowest BCUT2D eigenvalue weighted by atomic mass is 9.92. The number of rotatable bonds is 8. The van der Waals surface area contributed by atoms with Crippen molar-refractivity contribution in [2.24, 2.45) is 0 Å². The van der Waals surface area contributed by atoms with Gasteiger partial charge in [-0.25, -0.2) is 0 Å². The highest BCUT2D eigenvalue weighted by Crippen LogP contribution is 2.32. The quantitative estimate of drug-likeness (QED) is 0.543. The summed E-state index contributed by atoms with van der Waals surface area (Å²) in [6.07, 6.45) is 6.27. The summed E-state index contributed by atoms with van der Waals surface area (Å²) in [6, 6.07) is 5.48. The average Bonchev–Trinajstić information content (AvgIpc) is 2.37. The molecule has 4 heteroatoms. The van der Waals surface area contributed by atoms with E-state index in [1.165, 1.54) is 19.3 Å². The lowest BCUT2D eigenvalue weighted by Gasteiger charge is -2.15. The van der Waals surface area contributed by atoms with Gasteiger partial charge in [0.25, 0.3) is 0 Å². The molecule has 19 heavy (non-hydrogen) atoms. The van der Waals surface area contributed by atoms with E-state index in [4.69, 9.17) is 5.73 Å². The Bertz CT molecular complexity index is 421. The Kier molecular flexibility index (Phi) is 6.92.